The fraction of sp³-hybridized carbons (Fsp3) is 0.818. The summed E-state index contributed by atoms with van der Waals surface area (Å²) in [5.74, 6) is 0. The maximum absolute atomic E-state index is 5.00. The van der Waals surface area contributed by atoms with Gasteiger partial charge in [-0.25, -0.2) is 0 Å². The summed E-state index contributed by atoms with van der Waals surface area (Å²) in [6, 6.07) is 0. The Labute approximate surface area is 82.4 Å². The second-order valence-corrected chi connectivity index (χ2v) is 3.20. The minimum Gasteiger partial charge on any atom is -0.502 e. The smallest absolute Gasteiger partial charge is 0.0885 e. The number of ether oxygens (including phenoxy) is 1. The fourth-order valence-electron chi connectivity index (χ4n) is 1.17. The van der Waals surface area contributed by atoms with Gasteiger partial charge in [0.25, 0.3) is 0 Å². The van der Waals surface area contributed by atoms with Crippen LogP contribution in [0.1, 0.15) is 39.0 Å². The van der Waals surface area contributed by atoms with Crippen molar-refractivity contribution >= 4 is 0 Å². The van der Waals surface area contributed by atoms with E-state index in [9.17, 15) is 0 Å². The Bertz CT molecular complexity index is 104. The molecule has 0 amide bonds. The second kappa shape index (κ2) is 11.5. The Morgan fingerprint density at radius 3 is 2.62 bits per heavy atom. The molecule has 0 aromatic carbocycles. The molecule has 0 unspecified atom stereocenters. The molecule has 0 rings (SSSR count). The van der Waals surface area contributed by atoms with Gasteiger partial charge in [0.1, 0.15) is 0 Å². The van der Waals surface area contributed by atoms with Gasteiger partial charge in [0, 0.05) is 0 Å². The van der Waals surface area contributed by atoms with Crippen LogP contribution in [0.4, 0.5) is 0 Å². The number of hydrogen-bond donors (Lipinski definition) is 1. The first-order chi connectivity index (χ1) is 6.41. The molecule has 0 aliphatic heterocycles. The van der Waals surface area contributed by atoms with Gasteiger partial charge in [-0.1, -0.05) is 32.8 Å². The molecule has 1 N–H and O–H groups in total. The average molecular weight is 185 g/mol. The molecule has 78 valence electrons. The first kappa shape index (κ1) is 12.5. The van der Waals surface area contributed by atoms with Crippen LogP contribution in [-0.2, 0) is 4.74 Å². The average Bonchev–Trinajstić information content (AvgIpc) is 2.16. The fourth-order valence-corrected chi connectivity index (χ4v) is 1.17. The van der Waals surface area contributed by atoms with Crippen LogP contribution in [0.2, 0.25) is 0 Å². The molecule has 0 heterocycles. The Balaban J connectivity index is 2.79. The SMILES string of the molecule is C=COCCCNCCCCCC. The Kier molecular flexibility index (Phi) is 11.1. The van der Waals surface area contributed by atoms with Crippen molar-refractivity contribution < 1.29 is 4.74 Å². The third kappa shape index (κ3) is 11.5. The first-order valence-corrected chi connectivity index (χ1v) is 5.35. The largest absolute Gasteiger partial charge is 0.502 e. The summed E-state index contributed by atoms with van der Waals surface area (Å²) in [5, 5.41) is 3.39. The molecule has 0 saturated heterocycles. The zero-order valence-electron chi connectivity index (χ0n) is 8.85. The highest BCUT2D eigenvalue weighted by Gasteiger charge is 1.88. The van der Waals surface area contributed by atoms with Gasteiger partial charge < -0.3 is 10.1 Å². The van der Waals surface area contributed by atoms with Crippen LogP contribution in [-0.4, -0.2) is 19.7 Å². The quantitative estimate of drug-likeness (QED) is 0.417. The number of unbranched alkanes of at least 4 members (excludes halogenated alkanes) is 3. The summed E-state index contributed by atoms with van der Waals surface area (Å²) in [4.78, 5) is 0. The van der Waals surface area contributed by atoms with Crippen LogP contribution in [0.3, 0.4) is 0 Å². The summed E-state index contributed by atoms with van der Waals surface area (Å²) in [7, 11) is 0. The van der Waals surface area contributed by atoms with Crippen LogP contribution in [0, 0.1) is 0 Å². The van der Waals surface area contributed by atoms with Crippen molar-refractivity contribution in [1.29, 1.82) is 0 Å². The highest BCUT2D eigenvalue weighted by Crippen LogP contribution is 1.96. The third-order valence-corrected chi connectivity index (χ3v) is 1.94. The summed E-state index contributed by atoms with van der Waals surface area (Å²) in [5.41, 5.74) is 0. The van der Waals surface area contributed by atoms with Crippen molar-refractivity contribution in [3.05, 3.63) is 12.8 Å². The van der Waals surface area contributed by atoms with Gasteiger partial charge in [0.15, 0.2) is 0 Å². The molecule has 0 fully saturated rings. The molecule has 0 aromatic heterocycles. The molecule has 0 spiro atoms. The van der Waals surface area contributed by atoms with Gasteiger partial charge in [0.05, 0.1) is 12.9 Å². The van der Waals surface area contributed by atoms with Crippen LogP contribution in [0.25, 0.3) is 0 Å². The lowest BCUT2D eigenvalue weighted by atomic mass is 10.2. The molecular formula is C11H23NO. The summed E-state index contributed by atoms with van der Waals surface area (Å²) >= 11 is 0. The van der Waals surface area contributed by atoms with E-state index in [1.165, 1.54) is 31.9 Å². The molecule has 2 heteroatoms. The van der Waals surface area contributed by atoms with E-state index in [4.69, 9.17) is 4.74 Å². The maximum Gasteiger partial charge on any atom is 0.0885 e. The maximum atomic E-state index is 5.00. The number of rotatable bonds is 10. The lowest BCUT2D eigenvalue weighted by Gasteiger charge is -2.03. The van der Waals surface area contributed by atoms with E-state index in [-0.39, 0.29) is 0 Å². The van der Waals surface area contributed by atoms with Gasteiger partial charge in [-0.2, -0.15) is 0 Å². The minimum atomic E-state index is 0.783. The molecule has 2 nitrogen and oxygen atoms in total. The lowest BCUT2D eigenvalue weighted by molar-refractivity contribution is 0.244. The van der Waals surface area contributed by atoms with E-state index in [0.29, 0.717) is 0 Å². The van der Waals surface area contributed by atoms with E-state index in [1.807, 2.05) is 0 Å². The summed E-state index contributed by atoms with van der Waals surface area (Å²) in [6.45, 7) is 8.71. The van der Waals surface area contributed by atoms with Crippen LogP contribution in [0.5, 0.6) is 0 Å². The highest BCUT2D eigenvalue weighted by molar-refractivity contribution is 4.52. The van der Waals surface area contributed by atoms with Crippen molar-refractivity contribution in [2.45, 2.75) is 39.0 Å². The van der Waals surface area contributed by atoms with E-state index in [1.54, 1.807) is 0 Å². The zero-order chi connectivity index (χ0) is 9.78. The Morgan fingerprint density at radius 2 is 1.92 bits per heavy atom. The Morgan fingerprint density at radius 1 is 1.15 bits per heavy atom. The standard InChI is InChI=1S/C11H23NO/c1-3-5-6-7-9-12-10-8-11-13-4-2/h4,12H,2-3,5-11H2,1H3. The Hall–Kier alpha value is -0.500. The number of hydrogen-bond acceptors (Lipinski definition) is 2. The predicted molar refractivity (Wildman–Crippen MR) is 57.8 cm³/mol. The first-order valence-electron chi connectivity index (χ1n) is 5.35. The number of nitrogens with one attached hydrogen (secondary N) is 1. The molecule has 0 saturated carbocycles. The van der Waals surface area contributed by atoms with Crippen molar-refractivity contribution in [2.24, 2.45) is 0 Å². The van der Waals surface area contributed by atoms with Crippen molar-refractivity contribution in [2.75, 3.05) is 19.7 Å². The minimum absolute atomic E-state index is 0.783. The van der Waals surface area contributed by atoms with Gasteiger partial charge >= 0.3 is 0 Å². The molecule has 13 heavy (non-hydrogen) atoms. The monoisotopic (exact) mass is 185 g/mol. The predicted octanol–water partition coefficient (Wildman–Crippen LogP) is 2.71. The second-order valence-electron chi connectivity index (χ2n) is 3.20. The van der Waals surface area contributed by atoms with Crippen molar-refractivity contribution in [3.63, 3.8) is 0 Å². The molecule has 0 aromatic rings. The van der Waals surface area contributed by atoms with E-state index in [0.717, 1.165) is 26.1 Å². The molecular weight excluding hydrogens is 162 g/mol. The molecule has 0 aliphatic rings. The van der Waals surface area contributed by atoms with Crippen LogP contribution < -0.4 is 5.32 Å². The summed E-state index contributed by atoms with van der Waals surface area (Å²) < 4.78 is 5.00. The van der Waals surface area contributed by atoms with Gasteiger partial charge in [-0.05, 0) is 25.9 Å². The lowest BCUT2D eigenvalue weighted by Crippen LogP contribution is -2.17. The third-order valence-electron chi connectivity index (χ3n) is 1.94. The van der Waals surface area contributed by atoms with Crippen LogP contribution in [0.15, 0.2) is 12.8 Å². The van der Waals surface area contributed by atoms with E-state index >= 15 is 0 Å². The van der Waals surface area contributed by atoms with Gasteiger partial charge in [-0.3, -0.25) is 0 Å². The highest BCUT2D eigenvalue weighted by atomic mass is 16.5. The molecule has 0 aliphatic carbocycles. The van der Waals surface area contributed by atoms with E-state index in [2.05, 4.69) is 18.8 Å². The molecule has 0 bridgehead atoms. The normalized spacial score (nSPS) is 9.92. The topological polar surface area (TPSA) is 21.3 Å². The zero-order valence-corrected chi connectivity index (χ0v) is 8.85. The molecule has 0 atom stereocenters. The van der Waals surface area contributed by atoms with Gasteiger partial charge in [-0.15, -0.1) is 0 Å². The van der Waals surface area contributed by atoms with E-state index < -0.39 is 0 Å². The van der Waals surface area contributed by atoms with Crippen LogP contribution >= 0.6 is 0 Å². The van der Waals surface area contributed by atoms with Crippen molar-refractivity contribution in [3.8, 4) is 0 Å². The van der Waals surface area contributed by atoms with Crippen molar-refractivity contribution in [1.82, 2.24) is 5.32 Å². The van der Waals surface area contributed by atoms with Gasteiger partial charge in [0.2, 0.25) is 0 Å². The summed E-state index contributed by atoms with van der Waals surface area (Å²) in [6.07, 6.45) is 7.90. The molecule has 0 radical (unpaired) electrons.